The SMILES string of the molecule is CCc1ccc(C(C)NC(=O)C(=O)Nc2cc(Cl)ccc2Cl)cc1. The smallest absolute Gasteiger partial charge is 0.313 e. The Labute approximate surface area is 151 Å². The van der Waals surface area contributed by atoms with E-state index in [1.165, 1.54) is 11.6 Å². The molecule has 4 nitrogen and oxygen atoms in total. The Hall–Kier alpha value is -2.04. The number of halogens is 2. The van der Waals surface area contributed by atoms with Crippen molar-refractivity contribution in [2.24, 2.45) is 0 Å². The summed E-state index contributed by atoms with van der Waals surface area (Å²) in [5, 5.41) is 5.84. The average molecular weight is 365 g/mol. The molecule has 6 heteroatoms. The van der Waals surface area contributed by atoms with Crippen molar-refractivity contribution in [2.45, 2.75) is 26.3 Å². The number of amides is 2. The third-order valence-corrected chi connectivity index (χ3v) is 4.18. The molecule has 2 aromatic rings. The molecule has 0 saturated heterocycles. The summed E-state index contributed by atoms with van der Waals surface area (Å²) in [7, 11) is 0. The van der Waals surface area contributed by atoms with Gasteiger partial charge < -0.3 is 10.6 Å². The van der Waals surface area contributed by atoms with Crippen LogP contribution in [0.1, 0.15) is 31.0 Å². The molecule has 0 fully saturated rings. The van der Waals surface area contributed by atoms with Gasteiger partial charge in [0.25, 0.3) is 0 Å². The van der Waals surface area contributed by atoms with Crippen molar-refractivity contribution in [3.63, 3.8) is 0 Å². The summed E-state index contributed by atoms with van der Waals surface area (Å²) in [6.45, 7) is 3.89. The third kappa shape index (κ3) is 4.73. The van der Waals surface area contributed by atoms with Crippen molar-refractivity contribution in [3.8, 4) is 0 Å². The molecular weight excluding hydrogens is 347 g/mol. The highest BCUT2D eigenvalue weighted by Gasteiger charge is 2.18. The predicted molar refractivity (Wildman–Crippen MR) is 97.5 cm³/mol. The summed E-state index contributed by atoms with van der Waals surface area (Å²) in [6.07, 6.45) is 0.948. The van der Waals surface area contributed by atoms with Crippen LogP contribution in [0.15, 0.2) is 42.5 Å². The summed E-state index contributed by atoms with van der Waals surface area (Å²) in [4.78, 5) is 24.1. The molecule has 1 atom stereocenters. The van der Waals surface area contributed by atoms with E-state index in [9.17, 15) is 9.59 Å². The Morgan fingerprint density at radius 3 is 2.33 bits per heavy atom. The third-order valence-electron chi connectivity index (χ3n) is 3.62. The number of rotatable bonds is 4. The van der Waals surface area contributed by atoms with Crippen molar-refractivity contribution < 1.29 is 9.59 Å². The van der Waals surface area contributed by atoms with Gasteiger partial charge in [-0.2, -0.15) is 0 Å². The van der Waals surface area contributed by atoms with E-state index >= 15 is 0 Å². The Kier molecular flexibility index (Phi) is 6.23. The quantitative estimate of drug-likeness (QED) is 0.791. The van der Waals surface area contributed by atoms with Crippen molar-refractivity contribution in [3.05, 3.63) is 63.6 Å². The normalized spacial score (nSPS) is 11.7. The number of carbonyl (C=O) groups excluding carboxylic acids is 2. The molecule has 0 aliphatic heterocycles. The van der Waals surface area contributed by atoms with Crippen molar-refractivity contribution in [1.82, 2.24) is 5.32 Å². The van der Waals surface area contributed by atoms with E-state index in [2.05, 4.69) is 17.6 Å². The van der Waals surface area contributed by atoms with Crippen molar-refractivity contribution in [2.75, 3.05) is 5.32 Å². The summed E-state index contributed by atoms with van der Waals surface area (Å²) in [5.41, 5.74) is 2.43. The van der Waals surface area contributed by atoms with Gasteiger partial charge in [0.05, 0.1) is 16.8 Å². The first kappa shape index (κ1) is 18.3. The fourth-order valence-corrected chi connectivity index (χ4v) is 2.50. The number of benzene rings is 2. The molecule has 0 aromatic heterocycles. The Morgan fingerprint density at radius 2 is 1.71 bits per heavy atom. The lowest BCUT2D eigenvalue weighted by molar-refractivity contribution is -0.136. The lowest BCUT2D eigenvalue weighted by Gasteiger charge is -2.15. The first-order chi connectivity index (χ1) is 11.4. The summed E-state index contributed by atoms with van der Waals surface area (Å²) < 4.78 is 0. The zero-order valence-electron chi connectivity index (χ0n) is 13.4. The average Bonchev–Trinajstić information content (AvgIpc) is 2.58. The van der Waals surface area contributed by atoms with Crippen LogP contribution in [-0.4, -0.2) is 11.8 Å². The highest BCUT2D eigenvalue weighted by molar-refractivity contribution is 6.42. The first-order valence-corrected chi connectivity index (χ1v) is 8.32. The highest BCUT2D eigenvalue weighted by Crippen LogP contribution is 2.25. The summed E-state index contributed by atoms with van der Waals surface area (Å²) >= 11 is 11.8. The van der Waals surface area contributed by atoms with Crippen LogP contribution >= 0.6 is 23.2 Å². The van der Waals surface area contributed by atoms with E-state index in [4.69, 9.17) is 23.2 Å². The molecular formula is C18H18Cl2N2O2. The molecule has 2 aromatic carbocycles. The summed E-state index contributed by atoms with van der Waals surface area (Å²) in [6, 6.07) is 12.2. The fourth-order valence-electron chi connectivity index (χ4n) is 2.16. The zero-order chi connectivity index (χ0) is 17.7. The van der Waals surface area contributed by atoms with E-state index in [-0.39, 0.29) is 6.04 Å². The molecule has 2 rings (SSSR count). The van der Waals surface area contributed by atoms with Gasteiger partial charge in [0, 0.05) is 5.02 Å². The van der Waals surface area contributed by atoms with Crippen LogP contribution < -0.4 is 10.6 Å². The minimum absolute atomic E-state index is 0.288. The van der Waals surface area contributed by atoms with Crippen LogP contribution in [0.5, 0.6) is 0 Å². The number of hydrogen-bond acceptors (Lipinski definition) is 2. The highest BCUT2D eigenvalue weighted by atomic mass is 35.5. The second kappa shape index (κ2) is 8.18. The molecule has 2 N–H and O–H groups in total. The summed E-state index contributed by atoms with van der Waals surface area (Å²) in [5.74, 6) is -1.53. The van der Waals surface area contributed by atoms with Gasteiger partial charge in [-0.1, -0.05) is 54.4 Å². The Morgan fingerprint density at radius 1 is 1.04 bits per heavy atom. The molecule has 0 radical (unpaired) electrons. The van der Waals surface area contributed by atoms with Crippen molar-refractivity contribution in [1.29, 1.82) is 0 Å². The molecule has 0 spiro atoms. The van der Waals surface area contributed by atoms with Gasteiger partial charge >= 0.3 is 11.8 Å². The van der Waals surface area contributed by atoms with Crippen LogP contribution in [0.2, 0.25) is 10.0 Å². The minimum Gasteiger partial charge on any atom is -0.341 e. The standard InChI is InChI=1S/C18H18Cl2N2O2/c1-3-12-4-6-13(7-5-12)11(2)21-17(23)18(24)22-16-10-14(19)8-9-15(16)20/h4-11H,3H2,1-2H3,(H,21,23)(H,22,24). The molecule has 0 heterocycles. The molecule has 0 bridgehead atoms. The van der Waals surface area contributed by atoms with Gasteiger partial charge in [-0.3, -0.25) is 9.59 Å². The number of hydrogen-bond donors (Lipinski definition) is 2. The van der Waals surface area contributed by atoms with E-state index in [0.717, 1.165) is 12.0 Å². The van der Waals surface area contributed by atoms with Gasteiger partial charge in [0.1, 0.15) is 0 Å². The number of anilines is 1. The number of nitrogens with one attached hydrogen (secondary N) is 2. The van der Waals surface area contributed by atoms with Gasteiger partial charge in [-0.05, 0) is 42.7 Å². The van der Waals surface area contributed by atoms with E-state index in [0.29, 0.717) is 15.7 Å². The molecule has 24 heavy (non-hydrogen) atoms. The van der Waals surface area contributed by atoms with E-state index < -0.39 is 11.8 Å². The number of aryl methyl sites for hydroxylation is 1. The second-order valence-electron chi connectivity index (χ2n) is 5.37. The predicted octanol–water partition coefficient (Wildman–Crippen LogP) is 4.37. The Balaban J connectivity index is 2.00. The lowest BCUT2D eigenvalue weighted by Crippen LogP contribution is -2.37. The fraction of sp³-hybridized carbons (Fsp3) is 0.222. The van der Waals surface area contributed by atoms with Crippen LogP contribution in [0.4, 0.5) is 5.69 Å². The van der Waals surface area contributed by atoms with Gasteiger partial charge in [0.2, 0.25) is 0 Å². The largest absolute Gasteiger partial charge is 0.341 e. The number of carbonyl (C=O) groups is 2. The molecule has 1 unspecified atom stereocenters. The van der Waals surface area contributed by atoms with E-state index in [1.54, 1.807) is 12.1 Å². The molecule has 0 saturated carbocycles. The first-order valence-electron chi connectivity index (χ1n) is 7.56. The lowest BCUT2D eigenvalue weighted by atomic mass is 10.1. The van der Waals surface area contributed by atoms with Crippen LogP contribution in [0, 0.1) is 0 Å². The van der Waals surface area contributed by atoms with Crippen molar-refractivity contribution >= 4 is 40.7 Å². The van der Waals surface area contributed by atoms with Crippen LogP contribution in [-0.2, 0) is 16.0 Å². The zero-order valence-corrected chi connectivity index (χ0v) is 14.9. The molecule has 0 aliphatic carbocycles. The van der Waals surface area contributed by atoms with Gasteiger partial charge in [-0.25, -0.2) is 0 Å². The maximum absolute atomic E-state index is 12.1. The van der Waals surface area contributed by atoms with Gasteiger partial charge in [0.15, 0.2) is 0 Å². The van der Waals surface area contributed by atoms with Crippen LogP contribution in [0.25, 0.3) is 0 Å². The molecule has 2 amide bonds. The molecule has 126 valence electrons. The topological polar surface area (TPSA) is 58.2 Å². The van der Waals surface area contributed by atoms with Crippen LogP contribution in [0.3, 0.4) is 0 Å². The maximum Gasteiger partial charge on any atom is 0.313 e. The monoisotopic (exact) mass is 364 g/mol. The minimum atomic E-state index is -0.795. The van der Waals surface area contributed by atoms with E-state index in [1.807, 2.05) is 31.2 Å². The van der Waals surface area contributed by atoms with Gasteiger partial charge in [-0.15, -0.1) is 0 Å². The Bertz CT molecular complexity index is 745. The second-order valence-corrected chi connectivity index (χ2v) is 6.21. The molecule has 0 aliphatic rings. The maximum atomic E-state index is 12.1.